The number of carbonyl (C=O) groups excluding carboxylic acids is 3. The van der Waals surface area contributed by atoms with E-state index in [0.29, 0.717) is 11.4 Å². The van der Waals surface area contributed by atoms with Gasteiger partial charge in [0.2, 0.25) is 5.91 Å². The SMILES string of the molecule is COCC(=O)Nc1ccc(N2C=CC=CC(C(=O)OC)=C2C(=O)OC)cc1. The summed E-state index contributed by atoms with van der Waals surface area (Å²) < 4.78 is 14.4. The average Bonchev–Trinajstić information content (AvgIpc) is 2.90. The number of carbonyl (C=O) groups is 3. The van der Waals surface area contributed by atoms with Crippen LogP contribution in [0.1, 0.15) is 0 Å². The monoisotopic (exact) mass is 372 g/mol. The lowest BCUT2D eigenvalue weighted by molar-refractivity contribution is -0.139. The number of allylic oxidation sites excluding steroid dienone is 2. The Morgan fingerprint density at radius 2 is 1.63 bits per heavy atom. The first kappa shape index (κ1) is 19.9. The van der Waals surface area contributed by atoms with Gasteiger partial charge in [-0.15, -0.1) is 0 Å². The largest absolute Gasteiger partial charge is 0.465 e. The summed E-state index contributed by atoms with van der Waals surface area (Å²) in [5.74, 6) is -1.64. The highest BCUT2D eigenvalue weighted by Crippen LogP contribution is 2.27. The molecule has 8 nitrogen and oxygen atoms in total. The van der Waals surface area contributed by atoms with Crippen LogP contribution in [0, 0.1) is 0 Å². The van der Waals surface area contributed by atoms with E-state index in [0.717, 1.165) is 0 Å². The zero-order valence-corrected chi connectivity index (χ0v) is 15.2. The van der Waals surface area contributed by atoms with Gasteiger partial charge in [0.1, 0.15) is 12.3 Å². The van der Waals surface area contributed by atoms with Gasteiger partial charge in [-0.3, -0.25) is 4.79 Å². The van der Waals surface area contributed by atoms with Gasteiger partial charge in [0.05, 0.1) is 19.8 Å². The van der Waals surface area contributed by atoms with E-state index >= 15 is 0 Å². The molecule has 1 aromatic rings. The van der Waals surface area contributed by atoms with Crippen LogP contribution in [0.25, 0.3) is 0 Å². The van der Waals surface area contributed by atoms with Crippen molar-refractivity contribution in [3.05, 3.63) is 60.0 Å². The fourth-order valence-corrected chi connectivity index (χ4v) is 2.40. The van der Waals surface area contributed by atoms with Crippen LogP contribution in [0.5, 0.6) is 0 Å². The molecule has 1 amide bonds. The van der Waals surface area contributed by atoms with Crippen LogP contribution in [0.15, 0.2) is 60.0 Å². The normalized spacial score (nSPS) is 13.2. The van der Waals surface area contributed by atoms with Crippen molar-refractivity contribution in [1.29, 1.82) is 0 Å². The maximum absolute atomic E-state index is 12.4. The van der Waals surface area contributed by atoms with E-state index < -0.39 is 11.9 Å². The van der Waals surface area contributed by atoms with Crippen LogP contribution in [0.4, 0.5) is 11.4 Å². The van der Waals surface area contributed by atoms with Crippen molar-refractivity contribution in [1.82, 2.24) is 0 Å². The first-order valence-electron chi connectivity index (χ1n) is 7.95. The van der Waals surface area contributed by atoms with Crippen LogP contribution < -0.4 is 10.2 Å². The number of ether oxygens (including phenoxy) is 3. The Labute approximate surface area is 156 Å². The second kappa shape index (κ2) is 9.35. The Bertz CT molecular complexity index is 808. The molecule has 2 rings (SSSR count). The molecule has 1 aliphatic heterocycles. The number of rotatable bonds is 6. The minimum Gasteiger partial charge on any atom is -0.465 e. The van der Waals surface area contributed by atoms with E-state index in [4.69, 9.17) is 14.2 Å². The van der Waals surface area contributed by atoms with Crippen molar-refractivity contribution in [3.8, 4) is 0 Å². The minimum absolute atomic E-state index is 0.0190. The Morgan fingerprint density at radius 3 is 2.22 bits per heavy atom. The maximum atomic E-state index is 12.4. The van der Waals surface area contributed by atoms with Crippen molar-refractivity contribution in [2.75, 3.05) is 38.2 Å². The van der Waals surface area contributed by atoms with E-state index in [1.54, 1.807) is 42.6 Å². The molecule has 0 spiro atoms. The Kier molecular flexibility index (Phi) is 6.90. The Balaban J connectivity index is 2.40. The van der Waals surface area contributed by atoms with Gasteiger partial charge in [-0.05, 0) is 36.4 Å². The van der Waals surface area contributed by atoms with E-state index in [1.807, 2.05) is 0 Å². The first-order chi connectivity index (χ1) is 13.0. The molecule has 0 aliphatic carbocycles. The van der Waals surface area contributed by atoms with Gasteiger partial charge in [0, 0.05) is 24.7 Å². The summed E-state index contributed by atoms with van der Waals surface area (Å²) in [6.45, 7) is -0.0556. The van der Waals surface area contributed by atoms with Gasteiger partial charge < -0.3 is 24.4 Å². The standard InChI is InChI=1S/C19H20N2O6/c1-25-12-16(22)20-13-7-9-14(10-8-13)21-11-5-4-6-15(18(23)26-2)17(21)19(24)27-3/h4-11H,12H2,1-3H3,(H,20,22). The van der Waals surface area contributed by atoms with Gasteiger partial charge in [0.15, 0.2) is 0 Å². The summed E-state index contributed by atoms with van der Waals surface area (Å²) in [6, 6.07) is 6.72. The van der Waals surface area contributed by atoms with E-state index in [1.165, 1.54) is 32.3 Å². The average molecular weight is 372 g/mol. The lowest BCUT2D eigenvalue weighted by Crippen LogP contribution is -2.27. The Hall–Kier alpha value is -3.39. The number of esters is 2. The highest BCUT2D eigenvalue weighted by Gasteiger charge is 2.27. The van der Waals surface area contributed by atoms with E-state index in [9.17, 15) is 14.4 Å². The van der Waals surface area contributed by atoms with Gasteiger partial charge in [-0.1, -0.05) is 6.08 Å². The van der Waals surface area contributed by atoms with Crippen molar-refractivity contribution < 1.29 is 28.6 Å². The fourth-order valence-electron chi connectivity index (χ4n) is 2.40. The number of hydrogen-bond acceptors (Lipinski definition) is 7. The van der Waals surface area contributed by atoms with Gasteiger partial charge in [0.25, 0.3) is 0 Å². The molecule has 0 fully saturated rings. The summed E-state index contributed by atoms with van der Waals surface area (Å²) in [5, 5.41) is 2.68. The second-order valence-corrected chi connectivity index (χ2v) is 5.34. The zero-order valence-electron chi connectivity index (χ0n) is 15.2. The predicted molar refractivity (Wildman–Crippen MR) is 98.8 cm³/mol. The third-order valence-electron chi connectivity index (χ3n) is 3.59. The fraction of sp³-hybridized carbons (Fsp3) is 0.211. The number of nitrogens with zero attached hydrogens (tertiary/aromatic N) is 1. The minimum atomic E-state index is -0.691. The molecule has 0 unspecified atom stereocenters. The second-order valence-electron chi connectivity index (χ2n) is 5.34. The topological polar surface area (TPSA) is 94.2 Å². The lowest BCUT2D eigenvalue weighted by atomic mass is 10.1. The quantitative estimate of drug-likeness (QED) is 0.761. The molecular weight excluding hydrogens is 352 g/mol. The molecule has 8 heteroatoms. The van der Waals surface area contributed by atoms with Gasteiger partial charge in [-0.25, -0.2) is 9.59 Å². The summed E-state index contributed by atoms with van der Waals surface area (Å²) in [7, 11) is 3.90. The molecule has 0 bridgehead atoms. The zero-order chi connectivity index (χ0) is 19.8. The van der Waals surface area contributed by atoms with Crippen molar-refractivity contribution in [2.24, 2.45) is 0 Å². The molecule has 1 N–H and O–H groups in total. The highest BCUT2D eigenvalue weighted by molar-refractivity contribution is 6.05. The third-order valence-corrected chi connectivity index (χ3v) is 3.59. The molecule has 0 aromatic heterocycles. The number of hydrogen-bond donors (Lipinski definition) is 1. The van der Waals surface area contributed by atoms with Crippen LogP contribution in [0.3, 0.4) is 0 Å². The smallest absolute Gasteiger partial charge is 0.355 e. The van der Waals surface area contributed by atoms with Gasteiger partial charge >= 0.3 is 11.9 Å². The molecule has 0 radical (unpaired) electrons. The summed E-state index contributed by atoms with van der Waals surface area (Å²) in [6.07, 6.45) is 6.40. The molecule has 1 aromatic carbocycles. The van der Waals surface area contributed by atoms with E-state index in [-0.39, 0.29) is 23.8 Å². The highest BCUT2D eigenvalue weighted by atomic mass is 16.5. The number of nitrogens with one attached hydrogen (secondary N) is 1. The van der Waals surface area contributed by atoms with E-state index in [2.05, 4.69) is 5.32 Å². The summed E-state index contributed by atoms with van der Waals surface area (Å²) in [4.78, 5) is 37.6. The molecule has 142 valence electrons. The number of benzene rings is 1. The number of anilines is 2. The summed E-state index contributed by atoms with van der Waals surface area (Å²) in [5.41, 5.74) is 1.23. The van der Waals surface area contributed by atoms with Crippen LogP contribution in [-0.2, 0) is 28.6 Å². The van der Waals surface area contributed by atoms with Crippen molar-refractivity contribution in [2.45, 2.75) is 0 Å². The van der Waals surface area contributed by atoms with Crippen molar-refractivity contribution in [3.63, 3.8) is 0 Å². The van der Waals surface area contributed by atoms with Gasteiger partial charge in [-0.2, -0.15) is 0 Å². The molecule has 0 saturated heterocycles. The predicted octanol–water partition coefficient (Wildman–Crippen LogP) is 1.76. The molecule has 0 atom stereocenters. The summed E-state index contributed by atoms with van der Waals surface area (Å²) >= 11 is 0. The molecule has 27 heavy (non-hydrogen) atoms. The number of methoxy groups -OCH3 is 3. The third kappa shape index (κ3) is 4.83. The van der Waals surface area contributed by atoms with Crippen molar-refractivity contribution >= 4 is 29.2 Å². The molecule has 1 aliphatic rings. The number of amides is 1. The molecule has 0 saturated carbocycles. The van der Waals surface area contributed by atoms with Crippen LogP contribution in [0.2, 0.25) is 0 Å². The Morgan fingerprint density at radius 1 is 0.963 bits per heavy atom. The molecular formula is C19H20N2O6. The van der Waals surface area contributed by atoms with Crippen LogP contribution in [-0.4, -0.2) is 45.8 Å². The first-order valence-corrected chi connectivity index (χ1v) is 7.95. The van der Waals surface area contributed by atoms with Crippen LogP contribution >= 0.6 is 0 Å². The lowest BCUT2D eigenvalue weighted by Gasteiger charge is -2.23. The maximum Gasteiger partial charge on any atom is 0.355 e. The molecule has 1 heterocycles.